The van der Waals surface area contributed by atoms with Crippen LogP contribution in [0.15, 0.2) is 30.3 Å². The van der Waals surface area contributed by atoms with Crippen LogP contribution < -0.4 is 11.1 Å². The molecule has 0 aromatic heterocycles. The molecule has 0 saturated carbocycles. The van der Waals surface area contributed by atoms with Gasteiger partial charge in [-0.25, -0.2) is 4.79 Å². The Hall–Kier alpha value is -2.08. The summed E-state index contributed by atoms with van der Waals surface area (Å²) in [4.78, 5) is 22.3. The van der Waals surface area contributed by atoms with E-state index in [0.29, 0.717) is 0 Å². The fourth-order valence-corrected chi connectivity index (χ4v) is 1.22. The van der Waals surface area contributed by atoms with Crippen LogP contribution in [0, 0.1) is 0 Å². The first-order valence-electron chi connectivity index (χ1n) is 7.98. The van der Waals surface area contributed by atoms with Crippen molar-refractivity contribution in [3.8, 4) is 0 Å². The molecule has 4 N–H and O–H groups in total. The highest BCUT2D eigenvalue weighted by atomic mass is 16.5. The van der Waals surface area contributed by atoms with Gasteiger partial charge in [0.1, 0.15) is 12.6 Å². The summed E-state index contributed by atoms with van der Waals surface area (Å²) in [7, 11) is 0. The van der Waals surface area contributed by atoms with Crippen molar-refractivity contribution >= 4 is 12.1 Å². The van der Waals surface area contributed by atoms with Crippen molar-refractivity contribution in [2.45, 2.75) is 31.8 Å². The molecule has 1 amide bonds. The van der Waals surface area contributed by atoms with Crippen molar-refractivity contribution in [2.24, 2.45) is 5.73 Å². The first-order chi connectivity index (χ1) is 11.0. The van der Waals surface area contributed by atoms with Gasteiger partial charge < -0.3 is 20.9 Å². The molecule has 6 heteroatoms. The van der Waals surface area contributed by atoms with Gasteiger partial charge in [-0.3, -0.25) is 4.79 Å². The molecular weight excluding hydrogens is 260 g/mol. The summed E-state index contributed by atoms with van der Waals surface area (Å²) in [6, 6.07) is 7.31. The van der Waals surface area contributed by atoms with Crippen LogP contribution >= 0.6 is 0 Å². The van der Waals surface area contributed by atoms with E-state index in [4.69, 9.17) is 21.1 Å². The van der Waals surface area contributed by atoms with E-state index in [-0.39, 0.29) is 6.61 Å². The average molecular weight is 284 g/mol. The minimum absolute atomic E-state index is 0.00749. The molecule has 1 atom stereocenters. The molecule has 110 valence electrons. The molecule has 0 aliphatic heterocycles. The number of nitrogens with one attached hydrogen (secondary N) is 1. The zero-order valence-electron chi connectivity index (χ0n) is 14.8. The number of hydrogen-bond donors (Lipinski definition) is 3. The van der Waals surface area contributed by atoms with Crippen molar-refractivity contribution in [3.05, 3.63) is 35.9 Å². The molecule has 0 radical (unpaired) electrons. The second kappa shape index (κ2) is 8.92. The predicted molar refractivity (Wildman–Crippen MR) is 74.1 cm³/mol. The van der Waals surface area contributed by atoms with E-state index in [2.05, 4.69) is 5.32 Å². The third-order valence-corrected chi connectivity index (χ3v) is 2.30. The Kier molecular flexibility index (Phi) is 4.76. The number of nitrogens with two attached hydrogens (primary N) is 1. The lowest BCUT2D eigenvalue weighted by Crippen LogP contribution is -2.30. The summed E-state index contributed by atoms with van der Waals surface area (Å²) in [5.74, 6) is -1.43. The average Bonchev–Trinajstić information content (AvgIpc) is 2.51. The van der Waals surface area contributed by atoms with Crippen molar-refractivity contribution in [1.82, 2.24) is 5.32 Å². The number of aliphatic carboxylic acids is 1. The molecule has 0 saturated heterocycles. The highest BCUT2D eigenvalue weighted by molar-refractivity contribution is 5.72. The smallest absolute Gasteiger partial charge is 0.407 e. The number of amides is 1. The summed E-state index contributed by atoms with van der Waals surface area (Å²) in [6.07, 6.45) is -6.69. The molecule has 6 nitrogen and oxygen atoms in total. The second-order valence-electron chi connectivity index (χ2n) is 3.92. The fraction of sp³-hybridized carbons (Fsp3) is 0.429. The molecule has 1 aromatic carbocycles. The van der Waals surface area contributed by atoms with Crippen LogP contribution in [0.5, 0.6) is 0 Å². The highest BCUT2D eigenvalue weighted by Crippen LogP contribution is 2.01. The maximum Gasteiger partial charge on any atom is 0.407 e. The Morgan fingerprint density at radius 2 is 2.05 bits per heavy atom. The maximum atomic E-state index is 11.6. The van der Waals surface area contributed by atoms with Crippen molar-refractivity contribution in [1.29, 1.82) is 0 Å². The van der Waals surface area contributed by atoms with Crippen molar-refractivity contribution in [2.75, 3.05) is 6.54 Å². The molecule has 0 unspecified atom stereocenters. The van der Waals surface area contributed by atoms with Gasteiger partial charge in [0.2, 0.25) is 0 Å². The van der Waals surface area contributed by atoms with E-state index >= 15 is 0 Å². The molecule has 0 heterocycles. The van der Waals surface area contributed by atoms with Crippen LogP contribution in [0.3, 0.4) is 0 Å². The lowest BCUT2D eigenvalue weighted by Gasteiger charge is -2.08. The summed E-state index contributed by atoms with van der Waals surface area (Å²) in [5, 5.41) is 10.8. The largest absolute Gasteiger partial charge is 0.480 e. The van der Waals surface area contributed by atoms with E-state index in [1.165, 1.54) is 0 Å². The molecule has 0 spiro atoms. The number of hydrogen-bond acceptors (Lipinski definition) is 4. The molecule has 1 aromatic rings. The number of alkyl carbamates (subject to hydrolysis) is 1. The van der Waals surface area contributed by atoms with Gasteiger partial charge in [0.05, 0.1) is 0 Å². The summed E-state index contributed by atoms with van der Waals surface area (Å²) in [5.41, 5.74) is 6.00. The zero-order valence-corrected chi connectivity index (χ0v) is 10.8. The monoisotopic (exact) mass is 284 g/mol. The number of carboxylic acids is 1. The SMILES string of the molecule is [2H]C([2H])(CNC(=O)OCc1ccccc1)C([2H])([2H])C[C@H](N)C(=O)O. The lowest BCUT2D eigenvalue weighted by molar-refractivity contribution is -0.138. The van der Waals surface area contributed by atoms with Crippen LogP contribution in [-0.2, 0) is 16.1 Å². The highest BCUT2D eigenvalue weighted by Gasteiger charge is 2.10. The second-order valence-corrected chi connectivity index (χ2v) is 3.92. The minimum atomic E-state index is -2.54. The van der Waals surface area contributed by atoms with E-state index in [1.54, 1.807) is 24.3 Å². The Labute approximate surface area is 123 Å². The van der Waals surface area contributed by atoms with Gasteiger partial charge >= 0.3 is 12.1 Å². The molecule has 1 rings (SSSR count). The van der Waals surface area contributed by atoms with Gasteiger partial charge in [-0.05, 0) is 24.7 Å². The summed E-state index contributed by atoms with van der Waals surface area (Å²) < 4.78 is 35.7. The molecule has 0 bridgehead atoms. The molecular formula is C14H20N2O4. The third kappa shape index (κ3) is 6.75. The van der Waals surface area contributed by atoms with Gasteiger partial charge in [-0.1, -0.05) is 30.3 Å². The van der Waals surface area contributed by atoms with E-state index in [0.717, 1.165) is 5.56 Å². The molecule has 0 aliphatic carbocycles. The van der Waals surface area contributed by atoms with Crippen molar-refractivity contribution < 1.29 is 24.9 Å². The van der Waals surface area contributed by atoms with Gasteiger partial charge in [0.15, 0.2) is 0 Å². The Morgan fingerprint density at radius 3 is 2.70 bits per heavy atom. The Bertz CT molecular complexity index is 569. The van der Waals surface area contributed by atoms with Crippen LogP contribution in [0.4, 0.5) is 4.79 Å². The first kappa shape index (κ1) is 10.7. The van der Waals surface area contributed by atoms with E-state index in [1.807, 2.05) is 6.07 Å². The zero-order chi connectivity index (χ0) is 18.4. The van der Waals surface area contributed by atoms with E-state index in [9.17, 15) is 9.59 Å². The van der Waals surface area contributed by atoms with Crippen LogP contribution in [0.1, 0.15) is 30.2 Å². The summed E-state index contributed by atoms with van der Waals surface area (Å²) >= 11 is 0. The Morgan fingerprint density at radius 1 is 1.35 bits per heavy atom. The first-order valence-corrected chi connectivity index (χ1v) is 5.98. The number of carbonyl (C=O) groups excluding carboxylic acids is 1. The molecule has 0 aliphatic rings. The number of carbonyl (C=O) groups is 2. The lowest BCUT2D eigenvalue weighted by atomic mass is 10.1. The fourth-order valence-electron chi connectivity index (χ4n) is 1.22. The van der Waals surface area contributed by atoms with Gasteiger partial charge in [0.25, 0.3) is 0 Å². The number of ether oxygens (including phenoxy) is 1. The molecule has 0 fully saturated rings. The number of benzene rings is 1. The minimum Gasteiger partial charge on any atom is -0.480 e. The van der Waals surface area contributed by atoms with Crippen molar-refractivity contribution in [3.63, 3.8) is 0 Å². The van der Waals surface area contributed by atoms with E-state index < -0.39 is 43.8 Å². The number of rotatable bonds is 8. The van der Waals surface area contributed by atoms with Crippen LogP contribution in [0.25, 0.3) is 0 Å². The third-order valence-electron chi connectivity index (χ3n) is 2.30. The summed E-state index contributed by atoms with van der Waals surface area (Å²) in [6.45, 7) is -0.688. The van der Waals surface area contributed by atoms with Gasteiger partial charge in [-0.2, -0.15) is 0 Å². The quantitative estimate of drug-likeness (QED) is 0.671. The standard InChI is InChI=1S/C14H20N2O4/c15-12(13(17)18)8-4-5-9-16-14(19)20-10-11-6-2-1-3-7-11/h1-3,6-7,12H,4-5,8-10,15H2,(H,16,19)(H,17,18)/t12-/m0/s1/i4D2,5D2. The predicted octanol–water partition coefficient (Wildman–Crippen LogP) is 1.49. The maximum absolute atomic E-state index is 11.6. The topological polar surface area (TPSA) is 102 Å². The van der Waals surface area contributed by atoms with Gasteiger partial charge in [-0.15, -0.1) is 0 Å². The number of carboxylic acid groups (broad SMARTS) is 1. The molecule has 20 heavy (non-hydrogen) atoms. The van der Waals surface area contributed by atoms with Crippen LogP contribution in [0.2, 0.25) is 0 Å². The van der Waals surface area contributed by atoms with Crippen LogP contribution in [-0.4, -0.2) is 29.8 Å². The van der Waals surface area contributed by atoms with Gasteiger partial charge in [0, 0.05) is 12.0 Å². The Balaban J connectivity index is 2.51. The normalized spacial score (nSPS) is 16.1.